The fourth-order valence-corrected chi connectivity index (χ4v) is 2.48. The lowest BCUT2D eigenvalue weighted by molar-refractivity contribution is -0.0699. The van der Waals surface area contributed by atoms with Crippen LogP contribution in [0.5, 0.6) is 5.75 Å². The molecule has 4 heteroatoms. The lowest BCUT2D eigenvalue weighted by atomic mass is 10.2. The summed E-state index contributed by atoms with van der Waals surface area (Å²) >= 11 is 0. The molecule has 1 aromatic carbocycles. The van der Waals surface area contributed by atoms with Crippen molar-refractivity contribution < 1.29 is 9.47 Å². The zero-order valence-electron chi connectivity index (χ0n) is 11.8. The molecule has 1 aliphatic rings. The second kappa shape index (κ2) is 6.89. The highest BCUT2D eigenvalue weighted by Gasteiger charge is 2.21. The molecule has 0 saturated carbocycles. The number of ether oxygens (including phenoxy) is 2. The molecule has 1 aromatic rings. The molecule has 2 N–H and O–H groups in total. The smallest absolute Gasteiger partial charge is 0.119 e. The molecule has 2 unspecified atom stereocenters. The van der Waals surface area contributed by atoms with Gasteiger partial charge in [0.2, 0.25) is 0 Å². The summed E-state index contributed by atoms with van der Waals surface area (Å²) in [7, 11) is 0. The van der Waals surface area contributed by atoms with Gasteiger partial charge in [0.05, 0.1) is 12.2 Å². The van der Waals surface area contributed by atoms with Gasteiger partial charge < -0.3 is 15.2 Å². The zero-order valence-corrected chi connectivity index (χ0v) is 11.8. The molecular weight excluding hydrogens is 240 g/mol. The molecule has 1 saturated heterocycles. The summed E-state index contributed by atoms with van der Waals surface area (Å²) < 4.78 is 11.5. The first kappa shape index (κ1) is 14.3. The van der Waals surface area contributed by atoms with E-state index in [0.29, 0.717) is 25.4 Å². The van der Waals surface area contributed by atoms with Gasteiger partial charge in [-0.25, -0.2) is 0 Å². The van der Waals surface area contributed by atoms with Crippen molar-refractivity contribution in [1.29, 1.82) is 0 Å². The van der Waals surface area contributed by atoms with Gasteiger partial charge in [0.1, 0.15) is 12.4 Å². The largest absolute Gasteiger partial charge is 0.492 e. The molecule has 1 heterocycles. The highest BCUT2D eigenvalue weighted by molar-refractivity contribution is 5.27. The summed E-state index contributed by atoms with van der Waals surface area (Å²) in [4.78, 5) is 2.40. The van der Waals surface area contributed by atoms with Crippen LogP contribution in [0.3, 0.4) is 0 Å². The van der Waals surface area contributed by atoms with Crippen molar-refractivity contribution in [2.45, 2.75) is 32.6 Å². The molecule has 2 atom stereocenters. The minimum absolute atomic E-state index is 0.313. The van der Waals surface area contributed by atoms with Crippen molar-refractivity contribution in [3.8, 4) is 5.75 Å². The van der Waals surface area contributed by atoms with E-state index in [0.717, 1.165) is 30.9 Å². The predicted octanol–water partition coefficient (Wildman–Crippen LogP) is 1.63. The zero-order chi connectivity index (χ0) is 13.7. The summed E-state index contributed by atoms with van der Waals surface area (Å²) in [5.74, 6) is 0.909. The number of rotatable bonds is 5. The number of nitrogens with two attached hydrogens (primary N) is 1. The summed E-state index contributed by atoms with van der Waals surface area (Å²) in [5.41, 5.74) is 6.69. The van der Waals surface area contributed by atoms with Crippen molar-refractivity contribution in [3.63, 3.8) is 0 Å². The predicted molar refractivity (Wildman–Crippen MR) is 76.3 cm³/mol. The third-order valence-corrected chi connectivity index (χ3v) is 3.33. The van der Waals surface area contributed by atoms with E-state index >= 15 is 0 Å². The highest BCUT2D eigenvalue weighted by atomic mass is 16.5. The molecule has 1 fully saturated rings. The molecule has 1 aliphatic heterocycles. The van der Waals surface area contributed by atoms with Crippen LogP contribution in [0, 0.1) is 0 Å². The van der Waals surface area contributed by atoms with Crippen molar-refractivity contribution in [1.82, 2.24) is 4.90 Å². The third kappa shape index (κ3) is 4.49. The lowest BCUT2D eigenvalue weighted by Crippen LogP contribution is -2.46. The van der Waals surface area contributed by atoms with E-state index in [2.05, 4.69) is 18.7 Å². The monoisotopic (exact) mass is 264 g/mol. The number of hydrogen-bond acceptors (Lipinski definition) is 4. The third-order valence-electron chi connectivity index (χ3n) is 3.33. The Hall–Kier alpha value is -1.10. The van der Waals surface area contributed by atoms with Gasteiger partial charge >= 0.3 is 0 Å². The molecule has 106 valence electrons. The number of morpholine rings is 1. The molecule has 0 radical (unpaired) electrons. The van der Waals surface area contributed by atoms with Gasteiger partial charge in [0.15, 0.2) is 0 Å². The number of nitrogens with zero attached hydrogens (tertiary/aromatic N) is 1. The maximum absolute atomic E-state index is 5.76. The summed E-state index contributed by atoms with van der Waals surface area (Å²) in [6.07, 6.45) is 0.625. The molecule has 0 aliphatic carbocycles. The molecule has 19 heavy (non-hydrogen) atoms. The Morgan fingerprint density at radius 2 is 1.84 bits per heavy atom. The average molecular weight is 264 g/mol. The molecule has 2 rings (SSSR count). The summed E-state index contributed by atoms with van der Waals surface area (Å²) in [6.45, 7) is 8.44. The van der Waals surface area contributed by atoms with Crippen molar-refractivity contribution in [2.75, 3.05) is 26.2 Å². The Morgan fingerprint density at radius 1 is 1.21 bits per heavy atom. The van der Waals surface area contributed by atoms with E-state index in [1.807, 2.05) is 24.3 Å². The Balaban J connectivity index is 1.73. The van der Waals surface area contributed by atoms with Crippen LogP contribution < -0.4 is 10.5 Å². The van der Waals surface area contributed by atoms with E-state index in [9.17, 15) is 0 Å². The average Bonchev–Trinajstić information content (AvgIpc) is 2.38. The minimum Gasteiger partial charge on any atom is -0.492 e. The number of hydrogen-bond donors (Lipinski definition) is 1. The second-order valence-corrected chi connectivity index (χ2v) is 5.21. The van der Waals surface area contributed by atoms with Crippen LogP contribution in [0.1, 0.15) is 19.4 Å². The van der Waals surface area contributed by atoms with E-state index in [1.54, 1.807) is 0 Å². The van der Waals surface area contributed by atoms with Gasteiger partial charge in [-0.15, -0.1) is 0 Å². The van der Waals surface area contributed by atoms with E-state index in [1.165, 1.54) is 0 Å². The maximum Gasteiger partial charge on any atom is 0.119 e. The quantitative estimate of drug-likeness (QED) is 0.878. The Morgan fingerprint density at radius 3 is 2.42 bits per heavy atom. The molecule has 4 nitrogen and oxygen atoms in total. The van der Waals surface area contributed by atoms with Gasteiger partial charge in [0, 0.05) is 26.2 Å². The van der Waals surface area contributed by atoms with E-state index in [-0.39, 0.29) is 0 Å². The Labute approximate surface area is 115 Å². The first-order valence-corrected chi connectivity index (χ1v) is 6.97. The van der Waals surface area contributed by atoms with Gasteiger partial charge in [-0.3, -0.25) is 4.90 Å². The maximum atomic E-state index is 5.76. The van der Waals surface area contributed by atoms with Crippen molar-refractivity contribution in [2.24, 2.45) is 5.73 Å². The van der Waals surface area contributed by atoms with Gasteiger partial charge in [-0.2, -0.15) is 0 Å². The van der Waals surface area contributed by atoms with Gasteiger partial charge in [-0.1, -0.05) is 12.1 Å². The SMILES string of the molecule is CC1CN(CCOc2ccc(CN)cc2)CC(C)O1. The van der Waals surface area contributed by atoms with Crippen LogP contribution in [0.15, 0.2) is 24.3 Å². The first-order chi connectivity index (χ1) is 9.17. The van der Waals surface area contributed by atoms with Gasteiger partial charge in [0.25, 0.3) is 0 Å². The molecule has 0 amide bonds. The van der Waals surface area contributed by atoms with Crippen LogP contribution in [0.4, 0.5) is 0 Å². The van der Waals surface area contributed by atoms with Crippen LogP contribution in [0.25, 0.3) is 0 Å². The standard InChI is InChI=1S/C15H24N2O2/c1-12-10-17(11-13(2)19-12)7-8-18-15-5-3-14(9-16)4-6-15/h3-6,12-13H,7-11,16H2,1-2H3. The topological polar surface area (TPSA) is 47.7 Å². The van der Waals surface area contributed by atoms with E-state index in [4.69, 9.17) is 15.2 Å². The fourth-order valence-electron chi connectivity index (χ4n) is 2.48. The molecule has 0 spiro atoms. The second-order valence-electron chi connectivity index (χ2n) is 5.21. The van der Waals surface area contributed by atoms with E-state index < -0.39 is 0 Å². The number of benzene rings is 1. The van der Waals surface area contributed by atoms with Crippen LogP contribution >= 0.6 is 0 Å². The highest BCUT2D eigenvalue weighted by Crippen LogP contribution is 2.13. The van der Waals surface area contributed by atoms with Gasteiger partial charge in [-0.05, 0) is 31.5 Å². The van der Waals surface area contributed by atoms with Crippen LogP contribution in [-0.4, -0.2) is 43.3 Å². The summed E-state index contributed by atoms with van der Waals surface area (Å²) in [5, 5.41) is 0. The molecular formula is C15H24N2O2. The van der Waals surface area contributed by atoms with Crippen LogP contribution in [0.2, 0.25) is 0 Å². The van der Waals surface area contributed by atoms with Crippen molar-refractivity contribution in [3.05, 3.63) is 29.8 Å². The Bertz CT molecular complexity index is 370. The fraction of sp³-hybridized carbons (Fsp3) is 0.600. The molecule has 0 aromatic heterocycles. The van der Waals surface area contributed by atoms with Crippen LogP contribution in [-0.2, 0) is 11.3 Å². The Kier molecular flexibility index (Phi) is 5.19. The lowest BCUT2D eigenvalue weighted by Gasteiger charge is -2.35. The normalized spacial score (nSPS) is 24.4. The first-order valence-electron chi connectivity index (χ1n) is 6.97. The molecule has 0 bridgehead atoms. The minimum atomic E-state index is 0.313. The summed E-state index contributed by atoms with van der Waals surface area (Å²) in [6, 6.07) is 7.97. The van der Waals surface area contributed by atoms with Crippen molar-refractivity contribution >= 4 is 0 Å².